The van der Waals surface area contributed by atoms with Crippen molar-refractivity contribution in [1.82, 2.24) is 5.32 Å². The summed E-state index contributed by atoms with van der Waals surface area (Å²) in [5.74, 6) is -0.151. The van der Waals surface area contributed by atoms with Gasteiger partial charge in [0.2, 0.25) is 0 Å². The van der Waals surface area contributed by atoms with E-state index in [2.05, 4.69) is 25.2 Å². The van der Waals surface area contributed by atoms with Crippen LogP contribution in [0.1, 0.15) is 35.5 Å². The first-order chi connectivity index (χ1) is 16.9. The summed E-state index contributed by atoms with van der Waals surface area (Å²) in [5.41, 5.74) is 3.93. The van der Waals surface area contributed by atoms with Crippen molar-refractivity contribution in [2.24, 2.45) is 0 Å². The van der Waals surface area contributed by atoms with E-state index in [0.717, 1.165) is 20.9 Å². The van der Waals surface area contributed by atoms with Crippen LogP contribution in [0, 0.1) is 11.3 Å². The summed E-state index contributed by atoms with van der Waals surface area (Å²) in [6.07, 6.45) is 2.41. The molecule has 1 amide bonds. The van der Waals surface area contributed by atoms with Crippen LogP contribution in [0.15, 0.2) is 58.8 Å². The summed E-state index contributed by atoms with van der Waals surface area (Å²) in [7, 11) is 1.32. The van der Waals surface area contributed by atoms with Crippen LogP contribution in [0.5, 0.6) is 0 Å². The van der Waals surface area contributed by atoms with Crippen LogP contribution in [-0.2, 0) is 9.53 Å². The molecule has 0 spiro atoms. The van der Waals surface area contributed by atoms with E-state index in [0.29, 0.717) is 28.2 Å². The minimum Gasteiger partial charge on any atom is -0.467 e. The fraction of sp³-hybridized carbons (Fsp3) is 0.296. The summed E-state index contributed by atoms with van der Waals surface area (Å²) in [5, 5.41) is 13.2. The molecule has 0 aliphatic rings. The maximum atomic E-state index is 13.5. The normalized spacial score (nSPS) is 11.7. The standard InChI is InChI=1S/C27H28N2O3S3/c1-17(2)34-27-21(16-28)23(20-12-8-11-19(15-20)18-9-6-5-7-10-18)24(35-27)25(30)29-22(13-14-33-4)26(31)32-3/h5-12,15,17,22H,13-14H2,1-4H3,(H,29,30)/t22-/m0/s1. The Hall–Kier alpha value is -2.73. The average molecular weight is 525 g/mol. The molecule has 1 heterocycles. The van der Waals surface area contributed by atoms with Crippen LogP contribution in [0.3, 0.4) is 0 Å². The highest BCUT2D eigenvalue weighted by molar-refractivity contribution is 8.01. The predicted molar refractivity (Wildman–Crippen MR) is 147 cm³/mol. The molecule has 5 nitrogen and oxygen atoms in total. The summed E-state index contributed by atoms with van der Waals surface area (Å²) in [6, 6.07) is 19.4. The van der Waals surface area contributed by atoms with Gasteiger partial charge in [0.1, 0.15) is 17.0 Å². The molecule has 0 saturated carbocycles. The second-order valence-corrected chi connectivity index (χ2v) is 11.9. The monoisotopic (exact) mass is 524 g/mol. The molecule has 0 unspecified atom stereocenters. The molecule has 2 aromatic carbocycles. The Morgan fingerprint density at radius 3 is 2.40 bits per heavy atom. The molecule has 8 heteroatoms. The smallest absolute Gasteiger partial charge is 0.328 e. The van der Waals surface area contributed by atoms with Crippen molar-refractivity contribution in [3.8, 4) is 28.3 Å². The van der Waals surface area contributed by atoms with Gasteiger partial charge in [-0.25, -0.2) is 4.79 Å². The Labute approximate surface area is 219 Å². The summed E-state index contributed by atoms with van der Waals surface area (Å²) < 4.78 is 5.71. The lowest BCUT2D eigenvalue weighted by Crippen LogP contribution is -2.41. The largest absolute Gasteiger partial charge is 0.467 e. The van der Waals surface area contributed by atoms with Crippen molar-refractivity contribution in [2.75, 3.05) is 19.1 Å². The minimum atomic E-state index is -0.753. The van der Waals surface area contributed by atoms with Crippen molar-refractivity contribution in [3.63, 3.8) is 0 Å². The molecule has 0 aliphatic heterocycles. The number of methoxy groups -OCH3 is 1. The van der Waals surface area contributed by atoms with E-state index in [1.54, 1.807) is 23.5 Å². The highest BCUT2D eigenvalue weighted by Crippen LogP contribution is 2.43. The number of thioether (sulfide) groups is 2. The number of carbonyl (C=O) groups is 2. The number of nitrogens with zero attached hydrogens (tertiary/aromatic N) is 1. The summed E-state index contributed by atoms with van der Waals surface area (Å²) >= 11 is 4.46. The van der Waals surface area contributed by atoms with E-state index in [9.17, 15) is 14.9 Å². The van der Waals surface area contributed by atoms with Crippen LogP contribution in [-0.4, -0.2) is 42.3 Å². The maximum absolute atomic E-state index is 13.5. The number of ether oxygens (including phenoxy) is 1. The van der Waals surface area contributed by atoms with Gasteiger partial charge in [0.25, 0.3) is 5.91 Å². The first-order valence-corrected chi connectivity index (χ1v) is 14.3. The van der Waals surface area contributed by atoms with Crippen LogP contribution >= 0.6 is 34.9 Å². The van der Waals surface area contributed by atoms with E-state index in [-0.39, 0.29) is 11.2 Å². The molecule has 0 bridgehead atoms. The fourth-order valence-electron chi connectivity index (χ4n) is 3.58. The number of carbonyl (C=O) groups excluding carboxylic acids is 2. The molecular formula is C27H28N2O3S3. The molecule has 0 fully saturated rings. The lowest BCUT2D eigenvalue weighted by molar-refractivity contribution is -0.142. The van der Waals surface area contributed by atoms with Gasteiger partial charge in [-0.05, 0) is 41.2 Å². The Bertz CT molecular complexity index is 1220. The topological polar surface area (TPSA) is 79.2 Å². The van der Waals surface area contributed by atoms with Gasteiger partial charge in [-0.2, -0.15) is 17.0 Å². The second-order valence-electron chi connectivity index (χ2n) is 8.02. The Morgan fingerprint density at radius 1 is 1.09 bits per heavy atom. The molecular weight excluding hydrogens is 497 g/mol. The van der Waals surface area contributed by atoms with Crippen molar-refractivity contribution < 1.29 is 14.3 Å². The Morgan fingerprint density at radius 2 is 1.77 bits per heavy atom. The third-order valence-corrected chi connectivity index (χ3v) is 8.25. The van der Waals surface area contributed by atoms with E-state index in [1.165, 1.54) is 18.4 Å². The molecule has 35 heavy (non-hydrogen) atoms. The van der Waals surface area contributed by atoms with Crippen molar-refractivity contribution in [1.29, 1.82) is 5.26 Å². The molecule has 1 N–H and O–H groups in total. The number of hydrogen-bond donors (Lipinski definition) is 1. The first-order valence-electron chi connectivity index (χ1n) is 11.2. The molecule has 0 radical (unpaired) electrons. The molecule has 0 aliphatic carbocycles. The van der Waals surface area contributed by atoms with Gasteiger partial charge in [0.15, 0.2) is 0 Å². The SMILES string of the molecule is COC(=O)[C@H](CCSC)NC(=O)c1sc(SC(C)C)c(C#N)c1-c1cccc(-c2ccccc2)c1. The zero-order chi connectivity index (χ0) is 25.4. The Kier molecular flexibility index (Phi) is 9.84. The molecule has 3 aromatic rings. The van der Waals surface area contributed by atoms with Crippen molar-refractivity contribution in [2.45, 2.75) is 35.8 Å². The number of hydrogen-bond acceptors (Lipinski definition) is 7. The molecule has 1 atom stereocenters. The third kappa shape index (κ3) is 6.69. The fourth-order valence-corrected chi connectivity index (χ4v) is 6.67. The number of esters is 1. The molecule has 3 rings (SSSR count). The van der Waals surface area contributed by atoms with Gasteiger partial charge in [-0.15, -0.1) is 23.1 Å². The number of nitriles is 1. The highest BCUT2D eigenvalue weighted by atomic mass is 32.2. The van der Waals surface area contributed by atoms with Crippen LogP contribution in [0.4, 0.5) is 0 Å². The third-order valence-electron chi connectivity index (χ3n) is 5.20. The summed E-state index contributed by atoms with van der Waals surface area (Å²) in [6.45, 7) is 4.10. The van der Waals surface area contributed by atoms with E-state index in [1.807, 2.05) is 60.9 Å². The first kappa shape index (κ1) is 26.9. The number of benzene rings is 2. The van der Waals surface area contributed by atoms with Gasteiger partial charge in [-0.1, -0.05) is 62.4 Å². The maximum Gasteiger partial charge on any atom is 0.328 e. The van der Waals surface area contributed by atoms with E-state index < -0.39 is 12.0 Å². The van der Waals surface area contributed by atoms with Gasteiger partial charge in [0, 0.05) is 10.8 Å². The predicted octanol–water partition coefficient (Wildman–Crippen LogP) is 6.48. The number of thiophene rings is 1. The van der Waals surface area contributed by atoms with Crippen molar-refractivity contribution >= 4 is 46.7 Å². The Balaban J connectivity index is 2.10. The van der Waals surface area contributed by atoms with Crippen LogP contribution in [0.2, 0.25) is 0 Å². The highest BCUT2D eigenvalue weighted by Gasteiger charge is 2.28. The quantitative estimate of drug-likeness (QED) is 0.242. The molecule has 0 saturated heterocycles. The lowest BCUT2D eigenvalue weighted by Gasteiger charge is -2.16. The number of nitrogens with one attached hydrogen (secondary N) is 1. The zero-order valence-corrected chi connectivity index (χ0v) is 22.6. The van der Waals surface area contributed by atoms with Gasteiger partial charge in [0.05, 0.1) is 16.9 Å². The lowest BCUT2D eigenvalue weighted by atomic mass is 9.97. The average Bonchev–Trinajstić information content (AvgIpc) is 3.24. The van der Waals surface area contributed by atoms with Crippen LogP contribution < -0.4 is 5.32 Å². The van der Waals surface area contributed by atoms with E-state index in [4.69, 9.17) is 4.74 Å². The summed E-state index contributed by atoms with van der Waals surface area (Å²) in [4.78, 5) is 26.3. The minimum absolute atomic E-state index is 0.240. The van der Waals surface area contributed by atoms with Crippen LogP contribution in [0.25, 0.3) is 22.3 Å². The van der Waals surface area contributed by atoms with E-state index >= 15 is 0 Å². The van der Waals surface area contributed by atoms with Gasteiger partial charge < -0.3 is 10.1 Å². The van der Waals surface area contributed by atoms with Gasteiger partial charge in [-0.3, -0.25) is 4.79 Å². The van der Waals surface area contributed by atoms with Gasteiger partial charge >= 0.3 is 5.97 Å². The second kappa shape index (κ2) is 12.8. The molecule has 1 aromatic heterocycles. The zero-order valence-electron chi connectivity index (χ0n) is 20.2. The van der Waals surface area contributed by atoms with Crippen molar-refractivity contribution in [3.05, 3.63) is 65.0 Å². The molecule has 182 valence electrons. The number of rotatable bonds is 10. The number of amides is 1.